The zero-order valence-corrected chi connectivity index (χ0v) is 18.1. The quantitative estimate of drug-likeness (QED) is 0.387. The summed E-state index contributed by atoms with van der Waals surface area (Å²) in [5.41, 5.74) is 2.77. The minimum absolute atomic E-state index is 0.000533. The van der Waals surface area contributed by atoms with Crippen LogP contribution in [0.25, 0.3) is 11.4 Å². The van der Waals surface area contributed by atoms with Gasteiger partial charge in [-0.25, -0.2) is 0 Å². The van der Waals surface area contributed by atoms with E-state index < -0.39 is 0 Å². The van der Waals surface area contributed by atoms with E-state index in [1.807, 2.05) is 23.7 Å². The molecule has 0 bridgehead atoms. The van der Waals surface area contributed by atoms with Gasteiger partial charge >= 0.3 is 0 Å². The van der Waals surface area contributed by atoms with Crippen LogP contribution in [0, 0.1) is 0 Å². The summed E-state index contributed by atoms with van der Waals surface area (Å²) in [5, 5.41) is 9.30. The first-order chi connectivity index (χ1) is 14.1. The van der Waals surface area contributed by atoms with Gasteiger partial charge in [0.25, 0.3) is 0 Å². The molecule has 0 amide bonds. The molecule has 6 nitrogen and oxygen atoms in total. The molecular formula is C22H26N4O2S. The highest BCUT2D eigenvalue weighted by Gasteiger charge is 2.16. The van der Waals surface area contributed by atoms with Crippen molar-refractivity contribution in [3.63, 3.8) is 0 Å². The van der Waals surface area contributed by atoms with Crippen LogP contribution in [0.1, 0.15) is 24.2 Å². The molecule has 0 unspecified atom stereocenters. The van der Waals surface area contributed by atoms with Crippen molar-refractivity contribution in [3.8, 4) is 17.1 Å². The van der Waals surface area contributed by atoms with Gasteiger partial charge in [-0.3, -0.25) is 4.79 Å². The summed E-state index contributed by atoms with van der Waals surface area (Å²) in [7, 11) is 3.49. The van der Waals surface area contributed by atoms with Gasteiger partial charge < -0.3 is 14.2 Å². The summed E-state index contributed by atoms with van der Waals surface area (Å²) in [4.78, 5) is 14.9. The molecule has 0 spiro atoms. The average molecular weight is 411 g/mol. The third kappa shape index (κ3) is 4.62. The lowest BCUT2D eigenvalue weighted by atomic mass is 10.1. The zero-order valence-electron chi connectivity index (χ0n) is 17.3. The highest BCUT2D eigenvalue weighted by molar-refractivity contribution is 7.99. The summed E-state index contributed by atoms with van der Waals surface area (Å²) in [6.45, 7) is 6.24. The van der Waals surface area contributed by atoms with Gasteiger partial charge in [-0.05, 0) is 50.2 Å². The highest BCUT2D eigenvalue weighted by Crippen LogP contribution is 2.26. The largest absolute Gasteiger partial charge is 0.496 e. The van der Waals surface area contributed by atoms with Crippen molar-refractivity contribution >= 4 is 23.2 Å². The molecule has 0 saturated carbocycles. The average Bonchev–Trinajstić information content (AvgIpc) is 3.13. The number of carbonyl (C=O) groups is 1. The second-order valence-electron chi connectivity index (χ2n) is 6.50. The number of hydrogen-bond acceptors (Lipinski definition) is 6. The molecule has 0 saturated heterocycles. The molecule has 0 N–H and O–H groups in total. The Labute approximate surface area is 175 Å². The number of ether oxygens (including phenoxy) is 1. The standard InChI is InChI=1S/C22H26N4O2S/c1-5-26(6-2)17-13-11-16(12-14-17)21-23-24-22(25(21)3)29-15-19(27)18-9-7-8-10-20(18)28-4/h7-14H,5-6,15H2,1-4H3. The summed E-state index contributed by atoms with van der Waals surface area (Å²) in [6, 6.07) is 15.6. The van der Waals surface area contributed by atoms with Gasteiger partial charge in [-0.2, -0.15) is 0 Å². The Morgan fingerprint density at radius 2 is 1.76 bits per heavy atom. The van der Waals surface area contributed by atoms with Gasteiger partial charge in [0.05, 0.1) is 18.4 Å². The maximum Gasteiger partial charge on any atom is 0.191 e. The number of thioether (sulfide) groups is 1. The van der Waals surface area contributed by atoms with Crippen molar-refractivity contribution in [1.29, 1.82) is 0 Å². The number of rotatable bonds is 9. The summed E-state index contributed by atoms with van der Waals surface area (Å²) < 4.78 is 7.20. The van der Waals surface area contributed by atoms with Gasteiger partial charge in [0.15, 0.2) is 16.8 Å². The summed E-state index contributed by atoms with van der Waals surface area (Å²) in [5.74, 6) is 1.64. The molecule has 0 aliphatic heterocycles. The van der Waals surface area contributed by atoms with Crippen LogP contribution in [-0.2, 0) is 7.05 Å². The van der Waals surface area contributed by atoms with E-state index in [9.17, 15) is 4.79 Å². The number of para-hydroxylation sites is 1. The zero-order chi connectivity index (χ0) is 20.8. The Morgan fingerprint density at radius 3 is 2.41 bits per heavy atom. The van der Waals surface area contributed by atoms with E-state index in [1.54, 1.807) is 19.2 Å². The van der Waals surface area contributed by atoms with Gasteiger partial charge in [-0.1, -0.05) is 23.9 Å². The van der Waals surface area contributed by atoms with E-state index in [2.05, 4.69) is 53.2 Å². The lowest BCUT2D eigenvalue weighted by Crippen LogP contribution is -2.21. The molecule has 0 radical (unpaired) electrons. The second-order valence-corrected chi connectivity index (χ2v) is 7.44. The van der Waals surface area contributed by atoms with Gasteiger partial charge in [0, 0.05) is 31.4 Å². The number of hydrogen-bond donors (Lipinski definition) is 0. The first-order valence-electron chi connectivity index (χ1n) is 9.62. The number of methoxy groups -OCH3 is 1. The number of aromatic nitrogens is 3. The third-order valence-electron chi connectivity index (χ3n) is 4.83. The van der Waals surface area contributed by atoms with Crippen LogP contribution in [0.2, 0.25) is 0 Å². The van der Waals surface area contributed by atoms with Crippen molar-refractivity contribution in [2.24, 2.45) is 7.05 Å². The number of carbonyl (C=O) groups excluding carboxylic acids is 1. The normalized spacial score (nSPS) is 10.8. The van der Waals surface area contributed by atoms with E-state index in [0.717, 1.165) is 24.5 Å². The Balaban J connectivity index is 1.72. The Hall–Kier alpha value is -2.80. The number of Topliss-reactive ketones (excluding diaryl/α,β-unsaturated/α-hetero) is 1. The topological polar surface area (TPSA) is 60.3 Å². The monoisotopic (exact) mass is 410 g/mol. The van der Waals surface area contributed by atoms with Crippen molar-refractivity contribution < 1.29 is 9.53 Å². The number of benzene rings is 2. The van der Waals surface area contributed by atoms with Crippen LogP contribution in [0.4, 0.5) is 5.69 Å². The smallest absolute Gasteiger partial charge is 0.191 e. The number of anilines is 1. The maximum absolute atomic E-state index is 12.6. The van der Waals surface area contributed by atoms with E-state index in [1.165, 1.54) is 17.4 Å². The van der Waals surface area contributed by atoms with E-state index in [-0.39, 0.29) is 11.5 Å². The SMILES string of the molecule is CCN(CC)c1ccc(-c2nnc(SCC(=O)c3ccccc3OC)n2C)cc1. The minimum Gasteiger partial charge on any atom is -0.496 e. The molecule has 0 fully saturated rings. The Kier molecular flexibility index (Phi) is 6.93. The minimum atomic E-state index is 0.000533. The molecule has 0 aliphatic rings. The Morgan fingerprint density at radius 1 is 1.07 bits per heavy atom. The predicted molar refractivity (Wildman–Crippen MR) is 118 cm³/mol. The molecule has 7 heteroatoms. The van der Waals surface area contributed by atoms with Gasteiger partial charge in [-0.15, -0.1) is 10.2 Å². The molecule has 1 aromatic heterocycles. The molecule has 29 heavy (non-hydrogen) atoms. The van der Waals surface area contributed by atoms with Crippen LogP contribution in [0.15, 0.2) is 53.7 Å². The summed E-state index contributed by atoms with van der Waals surface area (Å²) in [6.07, 6.45) is 0. The highest BCUT2D eigenvalue weighted by atomic mass is 32.2. The van der Waals surface area contributed by atoms with Crippen molar-refractivity contribution in [2.75, 3.05) is 30.9 Å². The van der Waals surface area contributed by atoms with Crippen LogP contribution >= 0.6 is 11.8 Å². The van der Waals surface area contributed by atoms with E-state index in [0.29, 0.717) is 16.5 Å². The molecule has 3 aromatic rings. The lowest BCUT2D eigenvalue weighted by molar-refractivity contribution is 0.101. The van der Waals surface area contributed by atoms with Crippen molar-refractivity contribution in [1.82, 2.24) is 14.8 Å². The molecule has 3 rings (SSSR count). The maximum atomic E-state index is 12.6. The van der Waals surface area contributed by atoms with Crippen LogP contribution in [0.5, 0.6) is 5.75 Å². The van der Waals surface area contributed by atoms with Gasteiger partial charge in [0.2, 0.25) is 0 Å². The van der Waals surface area contributed by atoms with Crippen molar-refractivity contribution in [2.45, 2.75) is 19.0 Å². The molecule has 0 aliphatic carbocycles. The second kappa shape index (κ2) is 9.60. The third-order valence-corrected chi connectivity index (χ3v) is 5.85. The molecule has 2 aromatic carbocycles. The van der Waals surface area contributed by atoms with E-state index >= 15 is 0 Å². The molecule has 1 heterocycles. The molecular weight excluding hydrogens is 384 g/mol. The molecule has 152 valence electrons. The lowest BCUT2D eigenvalue weighted by Gasteiger charge is -2.21. The van der Waals surface area contributed by atoms with Gasteiger partial charge in [0.1, 0.15) is 5.75 Å². The fourth-order valence-electron chi connectivity index (χ4n) is 3.18. The predicted octanol–water partition coefficient (Wildman–Crippen LogP) is 4.31. The van der Waals surface area contributed by atoms with E-state index in [4.69, 9.17) is 4.74 Å². The van der Waals surface area contributed by atoms with Crippen LogP contribution in [0.3, 0.4) is 0 Å². The number of ketones is 1. The Bertz CT molecular complexity index is 965. The fraction of sp³-hybridized carbons (Fsp3) is 0.318. The first-order valence-corrected chi connectivity index (χ1v) is 10.6. The molecule has 0 atom stereocenters. The first kappa shape index (κ1) is 20.9. The van der Waals surface area contributed by atoms with Crippen molar-refractivity contribution in [3.05, 3.63) is 54.1 Å². The fourth-order valence-corrected chi connectivity index (χ4v) is 3.98. The number of nitrogens with zero attached hydrogens (tertiary/aromatic N) is 4. The summed E-state index contributed by atoms with van der Waals surface area (Å²) >= 11 is 1.38. The van der Waals surface area contributed by atoms with Crippen LogP contribution < -0.4 is 9.64 Å². The van der Waals surface area contributed by atoms with Crippen LogP contribution in [-0.4, -0.2) is 46.5 Å².